The van der Waals surface area contributed by atoms with Crippen LogP contribution in [0.3, 0.4) is 0 Å². The van der Waals surface area contributed by atoms with Crippen molar-refractivity contribution in [1.82, 2.24) is 0 Å². The highest BCUT2D eigenvalue weighted by Gasteiger charge is 2.68. The highest BCUT2D eigenvalue weighted by Crippen LogP contribution is 2.68. The Labute approximate surface area is 77.3 Å². The van der Waals surface area contributed by atoms with E-state index in [1.54, 1.807) is 0 Å². The largest absolute Gasteiger partial charge is 0.393 e. The fourth-order valence-electron chi connectivity index (χ4n) is 5.08. The minimum atomic E-state index is -0.0515. The van der Waals surface area contributed by atoms with E-state index in [0.717, 1.165) is 19.3 Å². The van der Waals surface area contributed by atoms with Crippen LogP contribution in [0.4, 0.5) is 0 Å². The molecule has 0 aromatic heterocycles. The SMILES string of the molecule is O=C1C[C@H]2C3C[C@H]4C[C@H]([C@@H]2[C@@H]4O)[C@H]13. The van der Waals surface area contributed by atoms with Gasteiger partial charge in [-0.1, -0.05) is 0 Å². The summed E-state index contributed by atoms with van der Waals surface area (Å²) in [4.78, 5) is 11.6. The number of aliphatic hydroxyl groups excluding tert-OH is 1. The molecule has 0 aromatic carbocycles. The number of rotatable bonds is 0. The topological polar surface area (TPSA) is 37.3 Å². The smallest absolute Gasteiger partial charge is 0.136 e. The van der Waals surface area contributed by atoms with Crippen molar-refractivity contribution in [2.75, 3.05) is 0 Å². The maximum atomic E-state index is 11.6. The van der Waals surface area contributed by atoms with Gasteiger partial charge in [-0.2, -0.15) is 0 Å². The first-order valence-corrected chi connectivity index (χ1v) is 5.48. The van der Waals surface area contributed by atoms with E-state index in [2.05, 4.69) is 0 Å². The predicted octanol–water partition coefficient (Wildman–Crippen LogP) is 0.838. The van der Waals surface area contributed by atoms with Crippen LogP contribution in [0.1, 0.15) is 19.3 Å². The number of hydrogen-bond donors (Lipinski definition) is 1. The van der Waals surface area contributed by atoms with Crippen LogP contribution in [-0.2, 0) is 4.79 Å². The van der Waals surface area contributed by atoms with Gasteiger partial charge in [0, 0.05) is 12.3 Å². The lowest BCUT2D eigenvalue weighted by Gasteiger charge is -2.32. The lowest BCUT2D eigenvalue weighted by Crippen LogP contribution is -2.33. The molecule has 0 aromatic rings. The highest BCUT2D eigenvalue weighted by atomic mass is 16.3. The number of aliphatic hydroxyl groups is 1. The van der Waals surface area contributed by atoms with Gasteiger partial charge >= 0.3 is 0 Å². The van der Waals surface area contributed by atoms with Crippen LogP contribution in [0, 0.1) is 35.5 Å². The maximum absolute atomic E-state index is 11.6. The van der Waals surface area contributed by atoms with Crippen LogP contribution in [0.15, 0.2) is 0 Å². The van der Waals surface area contributed by atoms with Gasteiger partial charge in [0.25, 0.3) is 0 Å². The molecule has 6 bridgehead atoms. The van der Waals surface area contributed by atoms with Crippen LogP contribution in [-0.4, -0.2) is 17.0 Å². The van der Waals surface area contributed by atoms with Gasteiger partial charge in [-0.25, -0.2) is 0 Å². The fraction of sp³-hybridized carbons (Fsp3) is 0.909. The third-order valence-corrected chi connectivity index (χ3v) is 5.30. The van der Waals surface area contributed by atoms with Gasteiger partial charge in [0.1, 0.15) is 5.78 Å². The van der Waals surface area contributed by atoms with E-state index in [9.17, 15) is 9.90 Å². The summed E-state index contributed by atoms with van der Waals surface area (Å²) in [6.45, 7) is 0. The molecule has 7 atom stereocenters. The summed E-state index contributed by atoms with van der Waals surface area (Å²) in [5.41, 5.74) is 0. The second-order valence-electron chi connectivity index (χ2n) is 5.49. The lowest BCUT2D eigenvalue weighted by atomic mass is 9.75. The van der Waals surface area contributed by atoms with Crippen molar-refractivity contribution in [3.05, 3.63) is 0 Å². The van der Waals surface area contributed by atoms with E-state index in [4.69, 9.17) is 0 Å². The molecular weight excluding hydrogens is 164 g/mol. The third kappa shape index (κ3) is 0.567. The number of carbonyl (C=O) groups excluding carboxylic acids is 1. The molecule has 70 valence electrons. The number of hydrogen-bond acceptors (Lipinski definition) is 2. The molecule has 0 radical (unpaired) electrons. The first-order valence-electron chi connectivity index (χ1n) is 5.48. The maximum Gasteiger partial charge on any atom is 0.136 e. The predicted molar refractivity (Wildman–Crippen MR) is 45.8 cm³/mol. The van der Waals surface area contributed by atoms with Crippen LogP contribution >= 0.6 is 0 Å². The Morgan fingerprint density at radius 3 is 2.77 bits per heavy atom. The molecule has 2 heteroatoms. The van der Waals surface area contributed by atoms with Gasteiger partial charge in [-0.3, -0.25) is 4.79 Å². The molecule has 0 amide bonds. The fourth-order valence-corrected chi connectivity index (χ4v) is 5.08. The first-order chi connectivity index (χ1) is 6.27. The zero-order valence-electron chi connectivity index (χ0n) is 7.52. The van der Waals surface area contributed by atoms with E-state index in [-0.39, 0.29) is 6.10 Å². The van der Waals surface area contributed by atoms with Crippen LogP contribution in [0.25, 0.3) is 0 Å². The van der Waals surface area contributed by atoms with E-state index in [0.29, 0.717) is 41.3 Å². The zero-order chi connectivity index (χ0) is 8.74. The Bertz CT molecular complexity index is 296. The van der Waals surface area contributed by atoms with Crippen molar-refractivity contribution in [3.8, 4) is 0 Å². The van der Waals surface area contributed by atoms with E-state index in [1.807, 2.05) is 0 Å². The molecule has 13 heavy (non-hydrogen) atoms. The molecular formula is C11H14O2. The Kier molecular flexibility index (Phi) is 0.997. The quantitative estimate of drug-likeness (QED) is 0.596. The van der Waals surface area contributed by atoms with Gasteiger partial charge in [0.05, 0.1) is 6.10 Å². The summed E-state index contributed by atoms with van der Waals surface area (Å²) in [5.74, 6) is 3.82. The van der Waals surface area contributed by atoms with Crippen LogP contribution < -0.4 is 0 Å². The molecule has 0 spiro atoms. The molecule has 1 N–H and O–H groups in total. The Hall–Kier alpha value is -0.370. The summed E-state index contributed by atoms with van der Waals surface area (Å²) in [5, 5.41) is 10.0. The van der Waals surface area contributed by atoms with Crippen molar-refractivity contribution in [3.63, 3.8) is 0 Å². The lowest BCUT2D eigenvalue weighted by molar-refractivity contribution is -0.124. The summed E-state index contributed by atoms with van der Waals surface area (Å²) in [7, 11) is 0. The molecule has 0 heterocycles. The average molecular weight is 178 g/mol. The molecule has 5 aliphatic rings. The summed E-state index contributed by atoms with van der Waals surface area (Å²) in [6.07, 6.45) is 3.04. The van der Waals surface area contributed by atoms with Gasteiger partial charge in [-0.15, -0.1) is 0 Å². The molecule has 0 aliphatic heterocycles. The second kappa shape index (κ2) is 1.85. The zero-order valence-corrected chi connectivity index (χ0v) is 7.52. The number of Topliss-reactive ketones (excluding diaryl/α,β-unsaturated/α-hetero) is 1. The average Bonchev–Trinajstić information content (AvgIpc) is 2.61. The highest BCUT2D eigenvalue weighted by molar-refractivity contribution is 5.86. The van der Waals surface area contributed by atoms with Gasteiger partial charge in [-0.05, 0) is 42.4 Å². The first kappa shape index (κ1) is 6.99. The van der Waals surface area contributed by atoms with Gasteiger partial charge in [0.15, 0.2) is 0 Å². The Morgan fingerprint density at radius 2 is 1.92 bits per heavy atom. The molecule has 5 rings (SSSR count). The van der Waals surface area contributed by atoms with E-state index >= 15 is 0 Å². The van der Waals surface area contributed by atoms with Crippen molar-refractivity contribution in [2.24, 2.45) is 35.5 Å². The van der Waals surface area contributed by atoms with E-state index in [1.165, 1.54) is 0 Å². The minimum absolute atomic E-state index is 0.0515. The summed E-state index contributed by atoms with van der Waals surface area (Å²) >= 11 is 0. The molecule has 5 aliphatic carbocycles. The minimum Gasteiger partial charge on any atom is -0.393 e. The Morgan fingerprint density at radius 1 is 1.15 bits per heavy atom. The van der Waals surface area contributed by atoms with Gasteiger partial charge in [0.2, 0.25) is 0 Å². The van der Waals surface area contributed by atoms with Crippen LogP contribution in [0.5, 0.6) is 0 Å². The van der Waals surface area contributed by atoms with Crippen molar-refractivity contribution >= 4 is 5.78 Å². The van der Waals surface area contributed by atoms with Crippen molar-refractivity contribution < 1.29 is 9.90 Å². The Balaban J connectivity index is 1.87. The van der Waals surface area contributed by atoms with Crippen molar-refractivity contribution in [1.29, 1.82) is 0 Å². The third-order valence-electron chi connectivity index (χ3n) is 5.30. The molecule has 5 saturated carbocycles. The molecule has 2 nitrogen and oxygen atoms in total. The van der Waals surface area contributed by atoms with Crippen molar-refractivity contribution in [2.45, 2.75) is 25.4 Å². The summed E-state index contributed by atoms with van der Waals surface area (Å²) in [6, 6.07) is 0. The normalized spacial score (nSPS) is 66.8. The molecule has 1 unspecified atom stereocenters. The number of carbonyl (C=O) groups is 1. The van der Waals surface area contributed by atoms with Gasteiger partial charge < -0.3 is 5.11 Å². The monoisotopic (exact) mass is 178 g/mol. The molecule has 0 saturated heterocycles. The summed E-state index contributed by atoms with van der Waals surface area (Å²) < 4.78 is 0. The van der Waals surface area contributed by atoms with Crippen LogP contribution in [0.2, 0.25) is 0 Å². The standard InChI is InChI=1S/C11H14O2/c12-8-3-6-5-1-4-2-7(9(5)8)10(6)11(4)13/h4-7,9-11,13H,1-3H2/t4-,5?,6-,7-,9+,10+,11+/m0/s1. The second-order valence-corrected chi connectivity index (χ2v) is 5.49. The molecule has 5 fully saturated rings. The van der Waals surface area contributed by atoms with E-state index < -0.39 is 0 Å². The number of ketones is 1.